The lowest BCUT2D eigenvalue weighted by Crippen LogP contribution is -2.25. The number of benzene rings is 1. The number of nitrogens with two attached hydrogens (primary N) is 1. The molecule has 0 saturated carbocycles. The Hall–Kier alpha value is -1.55. The van der Waals surface area contributed by atoms with E-state index in [1.54, 1.807) is 6.07 Å². The molecule has 0 bridgehead atoms. The minimum absolute atomic E-state index is 0.267. The van der Waals surface area contributed by atoms with E-state index in [1.807, 2.05) is 12.1 Å². The van der Waals surface area contributed by atoms with Crippen LogP contribution in [0.1, 0.15) is 48.5 Å². The van der Waals surface area contributed by atoms with Crippen LogP contribution >= 0.6 is 0 Å². The standard InChI is InChI=1S/C16H24N2O2/c1-2-12-5-4-9-18(10-8-12)11-13-6-3-7-14(17)15(13)16(19)20/h3,6-7,12H,2,4-5,8-11,17H2,1H3,(H,19,20). The normalized spacial score (nSPS) is 20.6. The summed E-state index contributed by atoms with van der Waals surface area (Å²) in [6.45, 7) is 5.03. The Balaban J connectivity index is 2.10. The molecule has 1 aromatic carbocycles. The largest absolute Gasteiger partial charge is 0.478 e. The summed E-state index contributed by atoms with van der Waals surface area (Å²) in [5, 5.41) is 9.31. The van der Waals surface area contributed by atoms with Crippen LogP contribution in [-0.4, -0.2) is 29.1 Å². The van der Waals surface area contributed by atoms with Crippen LogP contribution in [0.5, 0.6) is 0 Å². The van der Waals surface area contributed by atoms with Crippen molar-refractivity contribution in [2.24, 2.45) is 5.92 Å². The fourth-order valence-electron chi connectivity index (χ4n) is 3.04. The van der Waals surface area contributed by atoms with Gasteiger partial charge in [0.15, 0.2) is 0 Å². The Kier molecular flexibility index (Phi) is 5.01. The second-order valence-electron chi connectivity index (χ2n) is 5.67. The fourth-order valence-corrected chi connectivity index (χ4v) is 3.04. The Morgan fingerprint density at radius 3 is 2.90 bits per heavy atom. The van der Waals surface area contributed by atoms with Gasteiger partial charge in [-0.3, -0.25) is 4.90 Å². The predicted molar refractivity (Wildman–Crippen MR) is 80.7 cm³/mol. The molecule has 0 radical (unpaired) electrons. The highest BCUT2D eigenvalue weighted by atomic mass is 16.4. The second-order valence-corrected chi connectivity index (χ2v) is 5.67. The van der Waals surface area contributed by atoms with Gasteiger partial charge in [-0.05, 0) is 49.9 Å². The number of aromatic carboxylic acids is 1. The number of anilines is 1. The van der Waals surface area contributed by atoms with Crippen LogP contribution in [0, 0.1) is 5.92 Å². The van der Waals surface area contributed by atoms with Crippen molar-refractivity contribution >= 4 is 11.7 Å². The molecule has 1 fully saturated rings. The van der Waals surface area contributed by atoms with E-state index < -0.39 is 5.97 Å². The Labute approximate surface area is 120 Å². The summed E-state index contributed by atoms with van der Waals surface area (Å²) in [7, 11) is 0. The van der Waals surface area contributed by atoms with E-state index in [4.69, 9.17) is 5.73 Å². The molecule has 4 heteroatoms. The summed E-state index contributed by atoms with van der Waals surface area (Å²) in [5.74, 6) is -0.112. The maximum atomic E-state index is 11.4. The van der Waals surface area contributed by atoms with E-state index in [0.29, 0.717) is 12.2 Å². The van der Waals surface area contributed by atoms with Crippen molar-refractivity contribution in [3.8, 4) is 0 Å². The molecule has 0 amide bonds. The topological polar surface area (TPSA) is 66.6 Å². The molecule has 110 valence electrons. The van der Waals surface area contributed by atoms with Gasteiger partial charge in [0.05, 0.1) is 5.56 Å². The molecule has 20 heavy (non-hydrogen) atoms. The SMILES string of the molecule is CCC1CCCN(Cc2cccc(N)c2C(=O)O)CC1. The first kappa shape index (κ1) is 14.9. The second kappa shape index (κ2) is 6.75. The lowest BCUT2D eigenvalue weighted by molar-refractivity contribution is 0.0695. The first-order chi connectivity index (χ1) is 9.61. The minimum Gasteiger partial charge on any atom is -0.478 e. The van der Waals surface area contributed by atoms with Crippen molar-refractivity contribution < 1.29 is 9.90 Å². The van der Waals surface area contributed by atoms with Crippen molar-refractivity contribution in [1.29, 1.82) is 0 Å². The van der Waals surface area contributed by atoms with Gasteiger partial charge < -0.3 is 10.8 Å². The molecular formula is C16H24N2O2. The average molecular weight is 276 g/mol. The minimum atomic E-state index is -0.931. The van der Waals surface area contributed by atoms with Crippen LogP contribution in [0.4, 0.5) is 5.69 Å². The molecule has 1 unspecified atom stereocenters. The molecule has 1 aliphatic heterocycles. The maximum Gasteiger partial charge on any atom is 0.338 e. The smallest absolute Gasteiger partial charge is 0.338 e. The number of hydrogen-bond acceptors (Lipinski definition) is 3. The van der Waals surface area contributed by atoms with E-state index in [0.717, 1.165) is 24.6 Å². The van der Waals surface area contributed by atoms with E-state index in [9.17, 15) is 9.90 Å². The van der Waals surface area contributed by atoms with Crippen LogP contribution in [0.25, 0.3) is 0 Å². The molecule has 2 rings (SSSR count). The summed E-state index contributed by atoms with van der Waals surface area (Å²) >= 11 is 0. The summed E-state index contributed by atoms with van der Waals surface area (Å²) in [4.78, 5) is 13.7. The van der Waals surface area contributed by atoms with E-state index in [-0.39, 0.29) is 5.56 Å². The third-order valence-corrected chi connectivity index (χ3v) is 4.31. The van der Waals surface area contributed by atoms with Gasteiger partial charge in [-0.15, -0.1) is 0 Å². The number of carboxylic acid groups (broad SMARTS) is 1. The van der Waals surface area contributed by atoms with Crippen LogP contribution in [-0.2, 0) is 6.54 Å². The number of carboxylic acids is 1. The molecule has 0 aromatic heterocycles. The molecule has 0 spiro atoms. The third-order valence-electron chi connectivity index (χ3n) is 4.31. The van der Waals surface area contributed by atoms with Gasteiger partial charge in [0.25, 0.3) is 0 Å². The highest BCUT2D eigenvalue weighted by Gasteiger charge is 2.19. The number of hydrogen-bond donors (Lipinski definition) is 2. The van der Waals surface area contributed by atoms with E-state index in [1.165, 1.54) is 25.7 Å². The monoisotopic (exact) mass is 276 g/mol. The van der Waals surface area contributed by atoms with Gasteiger partial charge >= 0.3 is 5.97 Å². The average Bonchev–Trinajstić information content (AvgIpc) is 2.63. The summed E-state index contributed by atoms with van der Waals surface area (Å²) in [5.41, 5.74) is 7.25. The Bertz CT molecular complexity index is 474. The summed E-state index contributed by atoms with van der Waals surface area (Å²) < 4.78 is 0. The molecule has 4 nitrogen and oxygen atoms in total. The predicted octanol–water partition coefficient (Wildman–Crippen LogP) is 2.98. The molecule has 1 heterocycles. The molecule has 1 atom stereocenters. The van der Waals surface area contributed by atoms with E-state index in [2.05, 4.69) is 11.8 Å². The molecule has 1 aliphatic rings. The quantitative estimate of drug-likeness (QED) is 0.830. The summed E-state index contributed by atoms with van der Waals surface area (Å²) in [6.07, 6.45) is 4.94. The van der Waals surface area contributed by atoms with Crippen LogP contribution in [0.3, 0.4) is 0 Å². The maximum absolute atomic E-state index is 11.4. The first-order valence-corrected chi connectivity index (χ1v) is 7.44. The third kappa shape index (κ3) is 3.51. The van der Waals surface area contributed by atoms with Gasteiger partial charge in [0, 0.05) is 12.2 Å². The van der Waals surface area contributed by atoms with E-state index >= 15 is 0 Å². The van der Waals surface area contributed by atoms with Gasteiger partial charge in [-0.1, -0.05) is 25.5 Å². The lowest BCUT2D eigenvalue weighted by atomic mass is 9.98. The van der Waals surface area contributed by atoms with Gasteiger partial charge in [-0.2, -0.15) is 0 Å². The number of rotatable bonds is 4. The zero-order valence-electron chi connectivity index (χ0n) is 12.1. The van der Waals surface area contributed by atoms with Gasteiger partial charge in [-0.25, -0.2) is 4.79 Å². The van der Waals surface area contributed by atoms with Crippen molar-refractivity contribution in [1.82, 2.24) is 4.90 Å². The number of nitrogen functional groups attached to an aromatic ring is 1. The fraction of sp³-hybridized carbons (Fsp3) is 0.562. The number of carbonyl (C=O) groups is 1. The molecule has 3 N–H and O–H groups in total. The van der Waals surface area contributed by atoms with Crippen molar-refractivity contribution in [2.45, 2.75) is 39.2 Å². The summed E-state index contributed by atoms with van der Waals surface area (Å²) in [6, 6.07) is 5.37. The zero-order valence-corrected chi connectivity index (χ0v) is 12.1. The molecule has 1 aromatic rings. The van der Waals surface area contributed by atoms with Crippen molar-refractivity contribution in [3.63, 3.8) is 0 Å². The Morgan fingerprint density at radius 1 is 1.40 bits per heavy atom. The van der Waals surface area contributed by atoms with Crippen molar-refractivity contribution in [2.75, 3.05) is 18.8 Å². The molecule has 0 aliphatic carbocycles. The Morgan fingerprint density at radius 2 is 2.20 bits per heavy atom. The molecular weight excluding hydrogens is 252 g/mol. The van der Waals surface area contributed by atoms with Gasteiger partial charge in [0.1, 0.15) is 0 Å². The van der Waals surface area contributed by atoms with Gasteiger partial charge in [0.2, 0.25) is 0 Å². The highest BCUT2D eigenvalue weighted by Crippen LogP contribution is 2.23. The number of nitrogens with zero attached hydrogens (tertiary/aromatic N) is 1. The van der Waals surface area contributed by atoms with Crippen molar-refractivity contribution in [3.05, 3.63) is 29.3 Å². The first-order valence-electron chi connectivity index (χ1n) is 7.44. The lowest BCUT2D eigenvalue weighted by Gasteiger charge is -2.21. The zero-order chi connectivity index (χ0) is 14.5. The molecule has 1 saturated heterocycles. The van der Waals surface area contributed by atoms with Crippen LogP contribution < -0.4 is 5.73 Å². The van der Waals surface area contributed by atoms with Crippen LogP contribution in [0.2, 0.25) is 0 Å². The highest BCUT2D eigenvalue weighted by molar-refractivity contribution is 5.95. The van der Waals surface area contributed by atoms with Crippen LogP contribution in [0.15, 0.2) is 18.2 Å². The number of likely N-dealkylation sites (tertiary alicyclic amines) is 1.